The van der Waals surface area contributed by atoms with Crippen LogP contribution in [0.5, 0.6) is 0 Å². The van der Waals surface area contributed by atoms with E-state index in [4.69, 9.17) is 16.6 Å². The lowest BCUT2D eigenvalue weighted by atomic mass is 10.0. The fourth-order valence-electron chi connectivity index (χ4n) is 1.36. The van der Waals surface area contributed by atoms with Crippen molar-refractivity contribution in [2.45, 2.75) is 6.92 Å². The van der Waals surface area contributed by atoms with Gasteiger partial charge in [0.05, 0.1) is 5.71 Å². The van der Waals surface area contributed by atoms with Gasteiger partial charge in [0, 0.05) is 11.3 Å². The largest absolute Gasteiger partial charge is 0.463 e. The Labute approximate surface area is 93.1 Å². The van der Waals surface area contributed by atoms with E-state index in [2.05, 4.69) is 4.99 Å². The minimum atomic E-state index is -1.22. The summed E-state index contributed by atoms with van der Waals surface area (Å²) in [6.07, 6.45) is 1.79. The van der Waals surface area contributed by atoms with Crippen LogP contribution in [-0.2, 0) is 0 Å². The number of hydrogen-bond donors (Lipinski definition) is 3. The maximum atomic E-state index is 10.5. The van der Waals surface area contributed by atoms with E-state index in [1.54, 1.807) is 31.2 Å². The van der Waals surface area contributed by atoms with Gasteiger partial charge in [-0.1, -0.05) is 6.07 Å². The van der Waals surface area contributed by atoms with E-state index in [0.29, 0.717) is 17.0 Å². The molecular formula is C11H13N3O2. The van der Waals surface area contributed by atoms with Gasteiger partial charge in [0.2, 0.25) is 0 Å². The summed E-state index contributed by atoms with van der Waals surface area (Å²) in [5, 5.41) is 8.57. The van der Waals surface area contributed by atoms with Gasteiger partial charge in [0.1, 0.15) is 0 Å². The average molecular weight is 219 g/mol. The monoisotopic (exact) mass is 219 g/mol. The van der Waals surface area contributed by atoms with Crippen molar-refractivity contribution in [2.24, 2.45) is 10.7 Å². The quantitative estimate of drug-likeness (QED) is 0.520. The third-order valence-corrected chi connectivity index (χ3v) is 2.00. The standard InChI is InChI=1S/C11H13N3O2/c1-7(14-11(15)16)10-3-2-9(13)6-8(10)4-5-12/h2-6H,12-13H2,1H3,(H,15,16). The van der Waals surface area contributed by atoms with Crippen LogP contribution in [0.1, 0.15) is 18.1 Å². The smallest absolute Gasteiger partial charge is 0.431 e. The van der Waals surface area contributed by atoms with E-state index in [9.17, 15) is 4.79 Å². The molecule has 16 heavy (non-hydrogen) atoms. The summed E-state index contributed by atoms with van der Waals surface area (Å²) >= 11 is 0. The molecule has 0 aliphatic carbocycles. The predicted octanol–water partition coefficient (Wildman–Crippen LogP) is 1.69. The summed E-state index contributed by atoms with van der Waals surface area (Å²) in [5.41, 5.74) is 13.4. The van der Waals surface area contributed by atoms with E-state index in [0.717, 1.165) is 5.56 Å². The molecule has 0 spiro atoms. The highest BCUT2D eigenvalue weighted by Gasteiger charge is 2.05. The molecule has 0 aliphatic heterocycles. The first-order valence-corrected chi connectivity index (χ1v) is 4.61. The molecule has 1 rings (SSSR count). The highest BCUT2D eigenvalue weighted by atomic mass is 16.4. The van der Waals surface area contributed by atoms with Crippen LogP contribution in [0.4, 0.5) is 10.5 Å². The molecule has 0 saturated heterocycles. The summed E-state index contributed by atoms with van der Waals surface area (Å²) < 4.78 is 0. The third kappa shape index (κ3) is 2.84. The van der Waals surface area contributed by atoms with Crippen LogP contribution in [0.2, 0.25) is 0 Å². The minimum Gasteiger partial charge on any atom is -0.463 e. The van der Waals surface area contributed by atoms with Crippen molar-refractivity contribution in [3.05, 3.63) is 35.5 Å². The van der Waals surface area contributed by atoms with E-state index in [-0.39, 0.29) is 0 Å². The normalized spacial score (nSPS) is 11.9. The third-order valence-electron chi connectivity index (χ3n) is 2.00. The van der Waals surface area contributed by atoms with Gasteiger partial charge < -0.3 is 16.6 Å². The van der Waals surface area contributed by atoms with Gasteiger partial charge in [-0.05, 0) is 36.9 Å². The Morgan fingerprint density at radius 1 is 1.50 bits per heavy atom. The predicted molar refractivity (Wildman–Crippen MR) is 64.3 cm³/mol. The van der Waals surface area contributed by atoms with Crippen LogP contribution in [0, 0.1) is 0 Å². The van der Waals surface area contributed by atoms with Crippen molar-refractivity contribution >= 4 is 23.6 Å². The highest BCUT2D eigenvalue weighted by Crippen LogP contribution is 2.16. The maximum absolute atomic E-state index is 10.5. The van der Waals surface area contributed by atoms with E-state index in [1.807, 2.05) is 0 Å². The van der Waals surface area contributed by atoms with Crippen LogP contribution < -0.4 is 11.5 Å². The average Bonchev–Trinajstić information content (AvgIpc) is 2.17. The van der Waals surface area contributed by atoms with Gasteiger partial charge in [-0.2, -0.15) is 4.99 Å². The Morgan fingerprint density at radius 2 is 2.19 bits per heavy atom. The summed E-state index contributed by atoms with van der Waals surface area (Å²) in [5.74, 6) is 0. The molecule has 1 aromatic rings. The van der Waals surface area contributed by atoms with Crippen LogP contribution in [0.25, 0.3) is 6.08 Å². The molecule has 0 aromatic heterocycles. The van der Waals surface area contributed by atoms with Gasteiger partial charge in [-0.15, -0.1) is 0 Å². The number of nitrogen functional groups attached to an aromatic ring is 1. The van der Waals surface area contributed by atoms with Crippen LogP contribution in [0.3, 0.4) is 0 Å². The first-order valence-electron chi connectivity index (χ1n) is 4.61. The number of hydrogen-bond acceptors (Lipinski definition) is 3. The first kappa shape index (κ1) is 11.8. The number of anilines is 1. The molecule has 5 heteroatoms. The van der Waals surface area contributed by atoms with Crippen molar-refractivity contribution in [1.29, 1.82) is 0 Å². The molecule has 5 nitrogen and oxygen atoms in total. The number of aliphatic imine (C=N–C) groups is 1. The van der Waals surface area contributed by atoms with Crippen molar-refractivity contribution in [3.63, 3.8) is 0 Å². The summed E-state index contributed by atoms with van der Waals surface area (Å²) in [4.78, 5) is 13.9. The van der Waals surface area contributed by atoms with E-state index < -0.39 is 6.09 Å². The zero-order valence-electron chi connectivity index (χ0n) is 8.84. The Hall–Kier alpha value is -2.30. The molecule has 0 saturated carbocycles. The lowest BCUT2D eigenvalue weighted by Crippen LogP contribution is -2.02. The summed E-state index contributed by atoms with van der Waals surface area (Å²) in [7, 11) is 0. The number of nitrogens with two attached hydrogens (primary N) is 2. The fourth-order valence-corrected chi connectivity index (χ4v) is 1.36. The summed E-state index contributed by atoms with van der Waals surface area (Å²) in [6.45, 7) is 1.62. The lowest BCUT2D eigenvalue weighted by molar-refractivity contribution is 0.206. The molecular weight excluding hydrogens is 206 g/mol. The number of benzene rings is 1. The molecule has 1 aromatic carbocycles. The SMILES string of the molecule is CC(=NC(=O)O)c1ccc(N)cc1C=CN. The van der Waals surface area contributed by atoms with Crippen LogP contribution >= 0.6 is 0 Å². The van der Waals surface area contributed by atoms with Crippen molar-refractivity contribution in [2.75, 3.05) is 5.73 Å². The second-order valence-electron chi connectivity index (χ2n) is 3.19. The molecule has 0 bridgehead atoms. The van der Waals surface area contributed by atoms with E-state index in [1.165, 1.54) is 6.20 Å². The number of rotatable bonds is 2. The van der Waals surface area contributed by atoms with Crippen molar-refractivity contribution in [1.82, 2.24) is 0 Å². The van der Waals surface area contributed by atoms with Crippen LogP contribution in [-0.4, -0.2) is 16.9 Å². The Balaban J connectivity index is 3.27. The molecule has 0 unspecified atom stereocenters. The first-order chi connectivity index (χ1) is 7.54. The topological polar surface area (TPSA) is 102 Å². The molecule has 0 radical (unpaired) electrons. The van der Waals surface area contributed by atoms with Crippen molar-refractivity contribution in [3.8, 4) is 0 Å². The number of amides is 1. The van der Waals surface area contributed by atoms with Gasteiger partial charge in [0.25, 0.3) is 0 Å². The minimum absolute atomic E-state index is 0.403. The number of nitrogens with zero attached hydrogens (tertiary/aromatic N) is 1. The van der Waals surface area contributed by atoms with Gasteiger partial charge >= 0.3 is 6.09 Å². The second kappa shape index (κ2) is 4.97. The molecule has 0 heterocycles. The molecule has 0 aliphatic rings. The van der Waals surface area contributed by atoms with Crippen LogP contribution in [0.15, 0.2) is 29.4 Å². The van der Waals surface area contributed by atoms with Gasteiger partial charge in [-0.3, -0.25) is 0 Å². The second-order valence-corrected chi connectivity index (χ2v) is 3.19. The lowest BCUT2D eigenvalue weighted by Gasteiger charge is -2.06. The van der Waals surface area contributed by atoms with E-state index >= 15 is 0 Å². The fraction of sp³-hybridized carbons (Fsp3) is 0.0909. The maximum Gasteiger partial charge on any atom is 0.431 e. The van der Waals surface area contributed by atoms with Gasteiger partial charge in [-0.25, -0.2) is 4.79 Å². The van der Waals surface area contributed by atoms with Crippen molar-refractivity contribution < 1.29 is 9.90 Å². The Kier molecular flexibility index (Phi) is 3.66. The number of carbonyl (C=O) groups is 1. The Bertz CT molecular complexity index is 464. The zero-order valence-corrected chi connectivity index (χ0v) is 8.84. The van der Waals surface area contributed by atoms with Gasteiger partial charge in [0.15, 0.2) is 0 Å². The summed E-state index contributed by atoms with van der Waals surface area (Å²) in [6, 6.07) is 5.11. The molecule has 1 amide bonds. The number of carboxylic acid groups (broad SMARTS) is 1. The molecule has 0 fully saturated rings. The zero-order chi connectivity index (χ0) is 12.1. The Morgan fingerprint density at radius 3 is 2.75 bits per heavy atom. The molecule has 5 N–H and O–H groups in total. The molecule has 0 atom stereocenters. The molecule has 84 valence electrons. The highest BCUT2D eigenvalue weighted by molar-refractivity contribution is 6.06.